The van der Waals surface area contributed by atoms with Crippen LogP contribution in [0, 0.1) is 5.92 Å². The maximum Gasteiger partial charge on any atom is 0.0347 e. The molecule has 1 saturated heterocycles. The SMILES string of the molecule is CNC(c1cccc(Br)c1)C1CCNCC1. The lowest BCUT2D eigenvalue weighted by Crippen LogP contribution is -2.35. The third kappa shape index (κ3) is 2.84. The van der Waals surface area contributed by atoms with Crippen LogP contribution in [0.2, 0.25) is 0 Å². The Morgan fingerprint density at radius 2 is 2.12 bits per heavy atom. The number of rotatable bonds is 3. The zero-order valence-electron chi connectivity index (χ0n) is 9.67. The average Bonchev–Trinajstić information content (AvgIpc) is 2.31. The van der Waals surface area contributed by atoms with Crippen LogP contribution in [-0.2, 0) is 0 Å². The van der Waals surface area contributed by atoms with E-state index < -0.39 is 0 Å². The topological polar surface area (TPSA) is 24.1 Å². The van der Waals surface area contributed by atoms with Crippen LogP contribution in [0.1, 0.15) is 24.4 Å². The van der Waals surface area contributed by atoms with Crippen LogP contribution in [0.5, 0.6) is 0 Å². The summed E-state index contributed by atoms with van der Waals surface area (Å²) in [5, 5.41) is 6.89. The maximum atomic E-state index is 3.54. The number of benzene rings is 1. The van der Waals surface area contributed by atoms with Gasteiger partial charge in [-0.25, -0.2) is 0 Å². The van der Waals surface area contributed by atoms with Gasteiger partial charge in [-0.1, -0.05) is 28.1 Å². The van der Waals surface area contributed by atoms with Crippen LogP contribution in [0.3, 0.4) is 0 Å². The number of halogens is 1. The molecule has 1 atom stereocenters. The standard InChI is InChI=1S/C13H19BrN2/c1-15-13(10-5-7-16-8-6-10)11-3-2-4-12(14)9-11/h2-4,9-10,13,15-16H,5-8H2,1H3. The number of hydrogen-bond acceptors (Lipinski definition) is 2. The van der Waals surface area contributed by atoms with Crippen molar-refractivity contribution in [1.29, 1.82) is 0 Å². The van der Waals surface area contributed by atoms with Gasteiger partial charge in [-0.05, 0) is 56.6 Å². The predicted octanol–water partition coefficient (Wildman–Crippen LogP) is 2.71. The fourth-order valence-electron chi connectivity index (χ4n) is 2.55. The smallest absolute Gasteiger partial charge is 0.0347 e. The van der Waals surface area contributed by atoms with Gasteiger partial charge in [0.2, 0.25) is 0 Å². The molecular formula is C13H19BrN2. The molecule has 1 aliphatic heterocycles. The third-order valence-corrected chi connectivity index (χ3v) is 3.87. The number of nitrogens with one attached hydrogen (secondary N) is 2. The zero-order chi connectivity index (χ0) is 11.4. The molecule has 3 heteroatoms. The molecule has 1 unspecified atom stereocenters. The summed E-state index contributed by atoms with van der Waals surface area (Å²) in [6.07, 6.45) is 2.52. The predicted molar refractivity (Wildman–Crippen MR) is 71.5 cm³/mol. The van der Waals surface area contributed by atoms with Crippen molar-refractivity contribution in [1.82, 2.24) is 10.6 Å². The molecule has 2 nitrogen and oxygen atoms in total. The van der Waals surface area contributed by atoms with Crippen LogP contribution in [0.25, 0.3) is 0 Å². The van der Waals surface area contributed by atoms with Gasteiger partial charge in [-0.15, -0.1) is 0 Å². The molecule has 16 heavy (non-hydrogen) atoms. The van der Waals surface area contributed by atoms with E-state index in [-0.39, 0.29) is 0 Å². The highest BCUT2D eigenvalue weighted by Gasteiger charge is 2.23. The first-order chi connectivity index (χ1) is 7.81. The summed E-state index contributed by atoms with van der Waals surface area (Å²) in [5.74, 6) is 0.751. The van der Waals surface area contributed by atoms with E-state index in [0.717, 1.165) is 19.0 Å². The molecule has 1 heterocycles. The van der Waals surface area contributed by atoms with Crippen molar-refractivity contribution >= 4 is 15.9 Å². The Hall–Kier alpha value is -0.380. The normalized spacial score (nSPS) is 19.6. The van der Waals surface area contributed by atoms with E-state index in [1.54, 1.807) is 0 Å². The van der Waals surface area contributed by atoms with Crippen molar-refractivity contribution in [3.63, 3.8) is 0 Å². The summed E-state index contributed by atoms with van der Waals surface area (Å²) in [6, 6.07) is 9.13. The van der Waals surface area contributed by atoms with Gasteiger partial charge in [0.1, 0.15) is 0 Å². The maximum absolute atomic E-state index is 3.54. The lowest BCUT2D eigenvalue weighted by atomic mass is 9.86. The molecule has 2 rings (SSSR count). The van der Waals surface area contributed by atoms with Gasteiger partial charge < -0.3 is 10.6 Å². The average molecular weight is 283 g/mol. The number of piperidine rings is 1. The first kappa shape index (κ1) is 12.1. The van der Waals surface area contributed by atoms with Crippen molar-refractivity contribution in [3.05, 3.63) is 34.3 Å². The first-order valence-electron chi connectivity index (χ1n) is 5.94. The fraction of sp³-hybridized carbons (Fsp3) is 0.538. The zero-order valence-corrected chi connectivity index (χ0v) is 11.3. The molecule has 1 aromatic carbocycles. The van der Waals surface area contributed by atoms with E-state index >= 15 is 0 Å². The van der Waals surface area contributed by atoms with Gasteiger partial charge in [0.15, 0.2) is 0 Å². The minimum atomic E-state index is 0.486. The van der Waals surface area contributed by atoms with Crippen molar-refractivity contribution in [2.45, 2.75) is 18.9 Å². The van der Waals surface area contributed by atoms with Gasteiger partial charge >= 0.3 is 0 Å². The van der Waals surface area contributed by atoms with Crippen LogP contribution in [0.15, 0.2) is 28.7 Å². The Morgan fingerprint density at radius 1 is 1.38 bits per heavy atom. The van der Waals surface area contributed by atoms with E-state index in [9.17, 15) is 0 Å². The lowest BCUT2D eigenvalue weighted by molar-refractivity contribution is 0.294. The molecule has 0 spiro atoms. The lowest BCUT2D eigenvalue weighted by Gasteiger charge is -2.31. The molecule has 0 bridgehead atoms. The molecule has 0 radical (unpaired) electrons. The molecule has 0 saturated carbocycles. The van der Waals surface area contributed by atoms with E-state index in [2.05, 4.69) is 57.9 Å². The van der Waals surface area contributed by atoms with Gasteiger partial charge in [-0.3, -0.25) is 0 Å². The van der Waals surface area contributed by atoms with Gasteiger partial charge in [0, 0.05) is 10.5 Å². The summed E-state index contributed by atoms with van der Waals surface area (Å²) in [6.45, 7) is 2.30. The van der Waals surface area contributed by atoms with Crippen molar-refractivity contribution in [2.24, 2.45) is 5.92 Å². The summed E-state index contributed by atoms with van der Waals surface area (Å²) in [4.78, 5) is 0. The second-order valence-electron chi connectivity index (χ2n) is 4.41. The van der Waals surface area contributed by atoms with E-state index in [1.807, 2.05) is 0 Å². The molecule has 0 aliphatic carbocycles. The van der Waals surface area contributed by atoms with Crippen molar-refractivity contribution < 1.29 is 0 Å². The Bertz CT molecular complexity index is 334. The highest BCUT2D eigenvalue weighted by atomic mass is 79.9. The molecule has 88 valence electrons. The summed E-state index contributed by atoms with van der Waals surface area (Å²) >= 11 is 3.54. The third-order valence-electron chi connectivity index (χ3n) is 3.37. The molecule has 1 aromatic rings. The fourth-order valence-corrected chi connectivity index (χ4v) is 2.97. The summed E-state index contributed by atoms with van der Waals surface area (Å²) in [5.41, 5.74) is 1.39. The quantitative estimate of drug-likeness (QED) is 0.891. The van der Waals surface area contributed by atoms with Crippen LogP contribution in [0.4, 0.5) is 0 Å². The van der Waals surface area contributed by atoms with E-state index in [4.69, 9.17) is 0 Å². The minimum Gasteiger partial charge on any atom is -0.317 e. The molecule has 2 N–H and O–H groups in total. The van der Waals surface area contributed by atoms with Crippen molar-refractivity contribution in [3.8, 4) is 0 Å². The first-order valence-corrected chi connectivity index (χ1v) is 6.74. The molecular weight excluding hydrogens is 264 g/mol. The second kappa shape index (κ2) is 5.80. The van der Waals surface area contributed by atoms with Gasteiger partial charge in [-0.2, -0.15) is 0 Å². The van der Waals surface area contributed by atoms with E-state index in [0.29, 0.717) is 6.04 Å². The molecule has 1 fully saturated rings. The Balaban J connectivity index is 2.14. The van der Waals surface area contributed by atoms with Crippen LogP contribution >= 0.6 is 15.9 Å². The molecule has 0 aromatic heterocycles. The molecule has 1 aliphatic rings. The monoisotopic (exact) mass is 282 g/mol. The summed E-state index contributed by atoms with van der Waals surface area (Å²) < 4.78 is 1.17. The molecule has 0 amide bonds. The van der Waals surface area contributed by atoms with Gasteiger partial charge in [0.05, 0.1) is 0 Å². The Labute approximate surface area is 106 Å². The summed E-state index contributed by atoms with van der Waals surface area (Å²) in [7, 11) is 2.06. The highest BCUT2D eigenvalue weighted by molar-refractivity contribution is 9.10. The van der Waals surface area contributed by atoms with Crippen molar-refractivity contribution in [2.75, 3.05) is 20.1 Å². The Kier molecular flexibility index (Phi) is 4.38. The van der Waals surface area contributed by atoms with Crippen LogP contribution < -0.4 is 10.6 Å². The Morgan fingerprint density at radius 3 is 2.75 bits per heavy atom. The minimum absolute atomic E-state index is 0.486. The van der Waals surface area contributed by atoms with Crippen LogP contribution in [-0.4, -0.2) is 20.1 Å². The largest absolute Gasteiger partial charge is 0.317 e. The van der Waals surface area contributed by atoms with Gasteiger partial charge in [0.25, 0.3) is 0 Å². The van der Waals surface area contributed by atoms with E-state index in [1.165, 1.54) is 22.9 Å². The second-order valence-corrected chi connectivity index (χ2v) is 5.32. The number of hydrogen-bond donors (Lipinski definition) is 2. The highest BCUT2D eigenvalue weighted by Crippen LogP contribution is 2.29.